The fourth-order valence-electron chi connectivity index (χ4n) is 4.65. The zero-order valence-electron chi connectivity index (χ0n) is 23.5. The lowest BCUT2D eigenvalue weighted by atomic mass is 10.0. The van der Waals surface area contributed by atoms with Crippen molar-refractivity contribution in [3.63, 3.8) is 0 Å². The van der Waals surface area contributed by atoms with Crippen molar-refractivity contribution in [3.05, 3.63) is 129 Å². The van der Waals surface area contributed by atoms with Crippen molar-refractivity contribution in [2.75, 3.05) is 17.9 Å². The van der Waals surface area contributed by atoms with Gasteiger partial charge in [0.05, 0.1) is 20.6 Å². The van der Waals surface area contributed by atoms with Crippen LogP contribution in [0.5, 0.6) is 0 Å². The summed E-state index contributed by atoms with van der Waals surface area (Å²) in [6.07, 6.45) is 0.196. The lowest BCUT2D eigenvalue weighted by Crippen LogP contribution is -2.53. The van der Waals surface area contributed by atoms with Gasteiger partial charge in [0.25, 0.3) is 10.0 Å². The van der Waals surface area contributed by atoms with Gasteiger partial charge in [-0.15, -0.1) is 0 Å². The molecular formula is C32H30Cl3N3O4S. The van der Waals surface area contributed by atoms with Gasteiger partial charge < -0.3 is 10.2 Å². The molecule has 4 aromatic carbocycles. The van der Waals surface area contributed by atoms with Crippen LogP contribution in [0.3, 0.4) is 0 Å². The molecule has 0 radical (unpaired) electrons. The van der Waals surface area contributed by atoms with Gasteiger partial charge in [0.2, 0.25) is 11.8 Å². The van der Waals surface area contributed by atoms with Crippen LogP contribution in [0.4, 0.5) is 5.69 Å². The molecule has 0 saturated heterocycles. The second-order valence-electron chi connectivity index (χ2n) is 9.84. The van der Waals surface area contributed by atoms with E-state index in [2.05, 4.69) is 5.32 Å². The second kappa shape index (κ2) is 14.3. The SMILES string of the molecule is CNC(=O)C(Cc1ccccc1)N(Cc1ccc(Cl)c(Cl)c1)C(=O)CN(c1ccccc1C)S(=O)(=O)c1ccc(Cl)cc1. The molecule has 0 heterocycles. The molecule has 0 saturated carbocycles. The fraction of sp³-hybridized carbons (Fsp3) is 0.188. The Hall–Kier alpha value is -3.56. The number of likely N-dealkylation sites (N-methyl/N-ethyl adjacent to an activating group) is 1. The lowest BCUT2D eigenvalue weighted by molar-refractivity contribution is -0.139. The topological polar surface area (TPSA) is 86.8 Å². The van der Waals surface area contributed by atoms with E-state index in [1.165, 1.54) is 36.2 Å². The Kier molecular flexibility index (Phi) is 10.7. The van der Waals surface area contributed by atoms with Crippen LogP contribution in [0.2, 0.25) is 15.1 Å². The summed E-state index contributed by atoms with van der Waals surface area (Å²) in [4.78, 5) is 29.0. The quantitative estimate of drug-likeness (QED) is 0.198. The Balaban J connectivity index is 1.81. The van der Waals surface area contributed by atoms with Crippen LogP contribution in [0.15, 0.2) is 102 Å². The van der Waals surface area contributed by atoms with Gasteiger partial charge in [-0.25, -0.2) is 8.42 Å². The number of halogens is 3. The number of amides is 2. The average Bonchev–Trinajstić information content (AvgIpc) is 3.00. The Morgan fingerprint density at radius 1 is 0.814 bits per heavy atom. The molecule has 224 valence electrons. The van der Waals surface area contributed by atoms with Crippen LogP contribution in [0.25, 0.3) is 0 Å². The van der Waals surface area contributed by atoms with E-state index in [0.29, 0.717) is 26.9 Å². The largest absolute Gasteiger partial charge is 0.357 e. The number of sulfonamides is 1. The van der Waals surface area contributed by atoms with Crippen LogP contribution in [0, 0.1) is 6.92 Å². The number of nitrogens with one attached hydrogen (secondary N) is 1. The van der Waals surface area contributed by atoms with Gasteiger partial charge in [-0.1, -0.05) is 89.4 Å². The summed E-state index contributed by atoms with van der Waals surface area (Å²) in [5.74, 6) is -0.989. The van der Waals surface area contributed by atoms with Crippen molar-refractivity contribution in [2.24, 2.45) is 0 Å². The van der Waals surface area contributed by atoms with Gasteiger partial charge in [0.1, 0.15) is 12.6 Å². The molecule has 4 aromatic rings. The Morgan fingerprint density at radius 3 is 2.09 bits per heavy atom. The molecule has 0 fully saturated rings. The predicted octanol–water partition coefficient (Wildman–Crippen LogP) is 6.54. The van der Waals surface area contributed by atoms with Gasteiger partial charge in [-0.3, -0.25) is 13.9 Å². The minimum Gasteiger partial charge on any atom is -0.357 e. The minimum absolute atomic E-state index is 0.0246. The van der Waals surface area contributed by atoms with Crippen molar-refractivity contribution in [1.82, 2.24) is 10.2 Å². The third-order valence-corrected chi connectivity index (χ3v) is 9.68. The van der Waals surface area contributed by atoms with Crippen LogP contribution in [-0.2, 0) is 32.6 Å². The maximum atomic E-state index is 14.3. The highest BCUT2D eigenvalue weighted by Gasteiger charge is 2.34. The van der Waals surface area contributed by atoms with Gasteiger partial charge in [-0.05, 0) is 66.1 Å². The van der Waals surface area contributed by atoms with E-state index in [9.17, 15) is 18.0 Å². The maximum absolute atomic E-state index is 14.3. The van der Waals surface area contributed by atoms with Gasteiger partial charge in [-0.2, -0.15) is 0 Å². The van der Waals surface area contributed by atoms with Crippen molar-refractivity contribution >= 4 is 62.3 Å². The Labute approximate surface area is 267 Å². The van der Waals surface area contributed by atoms with E-state index in [4.69, 9.17) is 34.8 Å². The molecule has 7 nitrogen and oxygen atoms in total. The number of benzene rings is 4. The first-order valence-corrected chi connectivity index (χ1v) is 15.9. The molecule has 0 aromatic heterocycles. The first kappa shape index (κ1) is 32.4. The summed E-state index contributed by atoms with van der Waals surface area (Å²) in [5, 5.41) is 3.67. The molecule has 1 N–H and O–H groups in total. The molecule has 4 rings (SSSR count). The molecule has 0 aliphatic heterocycles. The first-order valence-electron chi connectivity index (χ1n) is 13.3. The third-order valence-electron chi connectivity index (χ3n) is 6.92. The molecule has 0 aliphatic carbocycles. The smallest absolute Gasteiger partial charge is 0.264 e. The van der Waals surface area contributed by atoms with E-state index in [1.807, 2.05) is 30.3 Å². The normalized spacial score (nSPS) is 11.9. The van der Waals surface area contributed by atoms with Crippen molar-refractivity contribution < 1.29 is 18.0 Å². The lowest BCUT2D eigenvalue weighted by Gasteiger charge is -2.34. The summed E-state index contributed by atoms with van der Waals surface area (Å²) < 4.78 is 29.2. The van der Waals surface area contributed by atoms with Crippen LogP contribution >= 0.6 is 34.8 Å². The number of carbonyl (C=O) groups is 2. The molecule has 0 aliphatic rings. The highest BCUT2D eigenvalue weighted by molar-refractivity contribution is 7.92. The number of rotatable bonds is 11. The zero-order chi connectivity index (χ0) is 31.1. The fourth-order valence-corrected chi connectivity index (χ4v) is 6.57. The van der Waals surface area contributed by atoms with Gasteiger partial charge >= 0.3 is 0 Å². The molecule has 1 unspecified atom stereocenters. The molecule has 11 heteroatoms. The van der Waals surface area contributed by atoms with Crippen molar-refractivity contribution in [2.45, 2.75) is 30.8 Å². The van der Waals surface area contributed by atoms with E-state index < -0.39 is 34.4 Å². The van der Waals surface area contributed by atoms with E-state index in [-0.39, 0.29) is 22.9 Å². The van der Waals surface area contributed by atoms with Crippen molar-refractivity contribution in [3.8, 4) is 0 Å². The number of carbonyl (C=O) groups excluding carboxylic acids is 2. The molecule has 0 spiro atoms. The standard InChI is InChI=1S/C32H30Cl3N3O4S/c1-22-8-6-7-11-29(22)38(43(41,42)26-15-13-25(33)14-16-26)21-31(39)37(20-24-12-17-27(34)28(35)18-24)30(32(40)36-2)19-23-9-4-3-5-10-23/h3-18,30H,19-21H2,1-2H3,(H,36,40). The number of aryl methyl sites for hydroxylation is 1. The van der Waals surface area contributed by atoms with E-state index >= 15 is 0 Å². The summed E-state index contributed by atoms with van der Waals surface area (Å²) in [5.41, 5.74) is 2.43. The number of para-hydroxylation sites is 1. The monoisotopic (exact) mass is 657 g/mol. The number of hydrogen-bond acceptors (Lipinski definition) is 4. The van der Waals surface area contributed by atoms with Gasteiger partial charge in [0, 0.05) is 25.0 Å². The minimum atomic E-state index is -4.23. The number of nitrogens with zero attached hydrogens (tertiary/aromatic N) is 2. The Bertz CT molecular complexity index is 1700. The molecule has 43 heavy (non-hydrogen) atoms. The van der Waals surface area contributed by atoms with Crippen LogP contribution in [0.1, 0.15) is 16.7 Å². The number of hydrogen-bond donors (Lipinski definition) is 1. The summed E-state index contributed by atoms with van der Waals surface area (Å²) >= 11 is 18.4. The predicted molar refractivity (Wildman–Crippen MR) is 172 cm³/mol. The molecular weight excluding hydrogens is 629 g/mol. The van der Waals surface area contributed by atoms with E-state index in [0.717, 1.165) is 9.87 Å². The van der Waals surface area contributed by atoms with Crippen molar-refractivity contribution in [1.29, 1.82) is 0 Å². The maximum Gasteiger partial charge on any atom is 0.264 e. The Morgan fingerprint density at radius 2 is 1.47 bits per heavy atom. The highest BCUT2D eigenvalue weighted by atomic mass is 35.5. The molecule has 0 bridgehead atoms. The number of anilines is 1. The first-order chi connectivity index (χ1) is 20.5. The highest BCUT2D eigenvalue weighted by Crippen LogP contribution is 2.29. The molecule has 2 amide bonds. The summed E-state index contributed by atoms with van der Waals surface area (Å²) in [6.45, 7) is 1.17. The molecule has 1 atom stereocenters. The zero-order valence-corrected chi connectivity index (χ0v) is 26.6. The second-order valence-corrected chi connectivity index (χ2v) is 13.0. The van der Waals surface area contributed by atoms with Crippen LogP contribution < -0.4 is 9.62 Å². The average molecular weight is 659 g/mol. The van der Waals surface area contributed by atoms with Crippen LogP contribution in [-0.4, -0.2) is 44.8 Å². The summed E-state index contributed by atoms with van der Waals surface area (Å²) in [7, 11) is -2.74. The van der Waals surface area contributed by atoms with Gasteiger partial charge in [0.15, 0.2) is 0 Å². The third kappa shape index (κ3) is 7.89. The van der Waals surface area contributed by atoms with E-state index in [1.54, 1.807) is 49.4 Å². The summed E-state index contributed by atoms with van der Waals surface area (Å²) in [6, 6.07) is 25.9.